The van der Waals surface area contributed by atoms with E-state index in [0.717, 1.165) is 16.6 Å². The molecule has 76 valence electrons. The summed E-state index contributed by atoms with van der Waals surface area (Å²) in [5.41, 5.74) is 7.87. The third-order valence-electron chi connectivity index (χ3n) is 2.38. The molecular formula is C13H12ClN. The summed E-state index contributed by atoms with van der Waals surface area (Å²) in [5, 5.41) is 2.26. The molecule has 0 saturated heterocycles. The summed E-state index contributed by atoms with van der Waals surface area (Å²) in [4.78, 5) is 0. The molecule has 0 amide bonds. The molecule has 0 atom stereocenters. The second kappa shape index (κ2) is 4.37. The molecule has 15 heavy (non-hydrogen) atoms. The van der Waals surface area contributed by atoms with Crippen molar-refractivity contribution in [3.8, 4) is 0 Å². The molecule has 0 saturated carbocycles. The molecule has 2 heteroatoms. The number of rotatable bonds is 2. The average Bonchev–Trinajstić information content (AvgIpc) is 2.27. The molecule has 0 bridgehead atoms. The number of anilines is 1. The van der Waals surface area contributed by atoms with Crippen molar-refractivity contribution in [3.63, 3.8) is 0 Å². The van der Waals surface area contributed by atoms with Gasteiger partial charge in [-0.3, -0.25) is 0 Å². The molecule has 0 spiro atoms. The highest BCUT2D eigenvalue weighted by Gasteiger charge is 1.99. The zero-order chi connectivity index (χ0) is 10.7. The van der Waals surface area contributed by atoms with Gasteiger partial charge in [0.2, 0.25) is 0 Å². The number of nitrogen functional groups attached to an aromatic ring is 1. The van der Waals surface area contributed by atoms with Crippen LogP contribution in [0.2, 0.25) is 0 Å². The normalized spacial score (nSPS) is 11.3. The number of halogens is 1. The van der Waals surface area contributed by atoms with E-state index in [0.29, 0.717) is 5.88 Å². The molecule has 0 aliphatic rings. The maximum Gasteiger partial charge on any atom is 0.0407 e. The zero-order valence-electron chi connectivity index (χ0n) is 8.28. The molecule has 0 fully saturated rings. The fraction of sp³-hybridized carbons (Fsp3) is 0.0769. The van der Waals surface area contributed by atoms with Crippen LogP contribution in [0.3, 0.4) is 0 Å². The quantitative estimate of drug-likeness (QED) is 0.603. The van der Waals surface area contributed by atoms with Gasteiger partial charge in [0.05, 0.1) is 0 Å². The summed E-state index contributed by atoms with van der Waals surface area (Å²) in [6, 6.07) is 12.0. The first-order valence-corrected chi connectivity index (χ1v) is 5.36. The maximum atomic E-state index is 5.90. The van der Waals surface area contributed by atoms with Crippen molar-refractivity contribution >= 4 is 34.1 Å². The topological polar surface area (TPSA) is 26.0 Å². The summed E-state index contributed by atoms with van der Waals surface area (Å²) < 4.78 is 0. The van der Waals surface area contributed by atoms with Crippen molar-refractivity contribution < 1.29 is 0 Å². The summed E-state index contributed by atoms with van der Waals surface area (Å²) in [6.07, 6.45) is 3.95. The van der Waals surface area contributed by atoms with Crippen LogP contribution in [0.25, 0.3) is 16.8 Å². The van der Waals surface area contributed by atoms with Gasteiger partial charge in [-0.25, -0.2) is 0 Å². The van der Waals surface area contributed by atoms with Gasteiger partial charge in [0.1, 0.15) is 0 Å². The van der Waals surface area contributed by atoms with Crippen molar-refractivity contribution in [2.45, 2.75) is 0 Å². The molecule has 0 aliphatic heterocycles. The van der Waals surface area contributed by atoms with Crippen LogP contribution in [0, 0.1) is 0 Å². The molecule has 0 heterocycles. The molecule has 2 aromatic rings. The Balaban J connectivity index is 2.66. The summed E-state index contributed by atoms with van der Waals surface area (Å²) in [5.74, 6) is 0.526. The SMILES string of the molecule is Nc1cccc2c(C=CCCl)cccc12. The van der Waals surface area contributed by atoms with Crippen molar-refractivity contribution in [2.75, 3.05) is 11.6 Å². The first-order chi connectivity index (χ1) is 7.33. The number of nitrogens with two attached hydrogens (primary N) is 1. The average molecular weight is 218 g/mol. The Morgan fingerprint density at radius 2 is 1.80 bits per heavy atom. The van der Waals surface area contributed by atoms with E-state index >= 15 is 0 Å². The molecule has 2 N–H and O–H groups in total. The van der Waals surface area contributed by atoms with Gasteiger partial charge in [0.15, 0.2) is 0 Å². The molecule has 0 aromatic heterocycles. The molecule has 1 nitrogen and oxygen atoms in total. The fourth-order valence-corrected chi connectivity index (χ4v) is 1.76. The molecule has 0 radical (unpaired) electrons. The number of allylic oxidation sites excluding steroid dienone is 1. The summed E-state index contributed by atoms with van der Waals surface area (Å²) in [7, 11) is 0. The molecule has 0 aliphatic carbocycles. The van der Waals surface area contributed by atoms with Crippen molar-refractivity contribution in [2.24, 2.45) is 0 Å². The summed E-state index contributed by atoms with van der Waals surface area (Å²) >= 11 is 5.62. The standard InChI is InChI=1S/C13H12ClN/c14-9-3-5-10-4-1-7-12-11(10)6-2-8-13(12)15/h1-8H,9,15H2. The fourth-order valence-electron chi connectivity index (χ4n) is 1.68. The lowest BCUT2D eigenvalue weighted by molar-refractivity contribution is 1.68. The van der Waals surface area contributed by atoms with Crippen LogP contribution < -0.4 is 5.73 Å². The van der Waals surface area contributed by atoms with E-state index < -0.39 is 0 Å². The maximum absolute atomic E-state index is 5.90. The number of hydrogen-bond acceptors (Lipinski definition) is 1. The Bertz CT molecular complexity index is 503. The van der Waals surface area contributed by atoms with E-state index in [2.05, 4.69) is 12.1 Å². The lowest BCUT2D eigenvalue weighted by Gasteiger charge is -2.04. The largest absolute Gasteiger partial charge is 0.398 e. The number of benzene rings is 2. The van der Waals surface area contributed by atoms with E-state index in [4.69, 9.17) is 17.3 Å². The van der Waals surface area contributed by atoms with Gasteiger partial charge in [-0.1, -0.05) is 42.5 Å². The second-order valence-corrected chi connectivity index (χ2v) is 3.65. The van der Waals surface area contributed by atoms with Gasteiger partial charge in [0.25, 0.3) is 0 Å². The second-order valence-electron chi connectivity index (χ2n) is 3.35. The third-order valence-corrected chi connectivity index (χ3v) is 2.55. The highest BCUT2D eigenvalue weighted by atomic mass is 35.5. The predicted octanol–water partition coefficient (Wildman–Crippen LogP) is 3.67. The molecule has 0 unspecified atom stereocenters. The van der Waals surface area contributed by atoms with Crippen molar-refractivity contribution in [1.82, 2.24) is 0 Å². The van der Waals surface area contributed by atoms with Gasteiger partial charge in [0, 0.05) is 17.0 Å². The van der Waals surface area contributed by atoms with Crippen molar-refractivity contribution in [3.05, 3.63) is 48.0 Å². The minimum atomic E-state index is 0.526. The van der Waals surface area contributed by atoms with E-state index in [1.807, 2.05) is 36.4 Å². The van der Waals surface area contributed by atoms with Crippen LogP contribution >= 0.6 is 11.6 Å². The summed E-state index contributed by atoms with van der Waals surface area (Å²) in [6.45, 7) is 0. The number of hydrogen-bond donors (Lipinski definition) is 1. The highest BCUT2D eigenvalue weighted by Crippen LogP contribution is 2.24. The Hall–Kier alpha value is -1.47. The van der Waals surface area contributed by atoms with E-state index in [9.17, 15) is 0 Å². The van der Waals surface area contributed by atoms with Crippen LogP contribution in [0.1, 0.15) is 5.56 Å². The van der Waals surface area contributed by atoms with E-state index in [-0.39, 0.29) is 0 Å². The number of alkyl halides is 1. The minimum Gasteiger partial charge on any atom is -0.398 e. The van der Waals surface area contributed by atoms with Crippen LogP contribution in [-0.2, 0) is 0 Å². The van der Waals surface area contributed by atoms with Gasteiger partial charge >= 0.3 is 0 Å². The van der Waals surface area contributed by atoms with Crippen molar-refractivity contribution in [1.29, 1.82) is 0 Å². The lowest BCUT2D eigenvalue weighted by Crippen LogP contribution is -1.87. The lowest BCUT2D eigenvalue weighted by atomic mass is 10.0. The third kappa shape index (κ3) is 1.97. The van der Waals surface area contributed by atoms with Gasteiger partial charge in [-0.2, -0.15) is 0 Å². The highest BCUT2D eigenvalue weighted by molar-refractivity contribution is 6.19. The first-order valence-electron chi connectivity index (χ1n) is 4.82. The Morgan fingerprint density at radius 3 is 2.60 bits per heavy atom. The zero-order valence-corrected chi connectivity index (χ0v) is 9.04. The molecular weight excluding hydrogens is 206 g/mol. The smallest absolute Gasteiger partial charge is 0.0407 e. The van der Waals surface area contributed by atoms with Crippen LogP contribution in [-0.4, -0.2) is 5.88 Å². The Morgan fingerprint density at radius 1 is 1.07 bits per heavy atom. The first kappa shape index (κ1) is 10.1. The predicted molar refractivity (Wildman–Crippen MR) is 68.1 cm³/mol. The molecule has 2 aromatic carbocycles. The van der Waals surface area contributed by atoms with Crippen LogP contribution in [0.5, 0.6) is 0 Å². The Kier molecular flexibility index (Phi) is 2.93. The van der Waals surface area contributed by atoms with Gasteiger partial charge in [-0.15, -0.1) is 11.6 Å². The van der Waals surface area contributed by atoms with Crippen LogP contribution in [0.15, 0.2) is 42.5 Å². The minimum absolute atomic E-state index is 0.526. The van der Waals surface area contributed by atoms with E-state index in [1.54, 1.807) is 0 Å². The van der Waals surface area contributed by atoms with E-state index in [1.165, 1.54) is 5.39 Å². The van der Waals surface area contributed by atoms with Gasteiger partial charge in [-0.05, 0) is 17.0 Å². The van der Waals surface area contributed by atoms with Gasteiger partial charge < -0.3 is 5.73 Å². The number of fused-ring (bicyclic) bond motifs is 1. The molecule has 2 rings (SSSR count). The van der Waals surface area contributed by atoms with Crippen LogP contribution in [0.4, 0.5) is 5.69 Å². The monoisotopic (exact) mass is 217 g/mol. The Labute approximate surface area is 94.2 Å².